The first-order valence-electron chi connectivity index (χ1n) is 8.19. The maximum absolute atomic E-state index is 12.3. The van der Waals surface area contributed by atoms with Crippen molar-refractivity contribution < 1.29 is 5.11 Å². The van der Waals surface area contributed by atoms with Crippen LogP contribution in [0.3, 0.4) is 0 Å². The number of rotatable bonds is 4. The molecule has 2 N–H and O–H groups in total. The van der Waals surface area contributed by atoms with E-state index in [-0.39, 0.29) is 5.56 Å². The van der Waals surface area contributed by atoms with Gasteiger partial charge in [0, 0.05) is 38.0 Å². The van der Waals surface area contributed by atoms with Crippen LogP contribution in [-0.4, -0.2) is 26.5 Å². The van der Waals surface area contributed by atoms with Crippen molar-refractivity contribution in [2.75, 3.05) is 6.54 Å². The van der Waals surface area contributed by atoms with Gasteiger partial charge in [-0.05, 0) is 18.9 Å². The van der Waals surface area contributed by atoms with Crippen molar-refractivity contribution in [3.63, 3.8) is 0 Å². The number of aromatic nitrogens is 2. The van der Waals surface area contributed by atoms with Gasteiger partial charge in [0.2, 0.25) is 0 Å². The lowest BCUT2D eigenvalue weighted by atomic mass is 10.0. The summed E-state index contributed by atoms with van der Waals surface area (Å²) in [5.74, 6) is 1.14. The average molecular weight is 313 g/mol. The van der Waals surface area contributed by atoms with Gasteiger partial charge in [-0.1, -0.05) is 25.1 Å². The summed E-state index contributed by atoms with van der Waals surface area (Å²) >= 11 is 0. The number of nitrogens with zero attached hydrogens (tertiary/aromatic N) is 2. The minimum Gasteiger partial charge on any atom is -0.507 e. The van der Waals surface area contributed by atoms with Crippen LogP contribution in [-0.2, 0) is 25.9 Å². The van der Waals surface area contributed by atoms with Crippen molar-refractivity contribution in [1.29, 1.82) is 0 Å². The highest BCUT2D eigenvalue weighted by molar-refractivity contribution is 5.39. The highest BCUT2D eigenvalue weighted by Gasteiger charge is 2.22. The van der Waals surface area contributed by atoms with Crippen molar-refractivity contribution in [3.05, 3.63) is 56.8 Å². The van der Waals surface area contributed by atoms with E-state index < -0.39 is 0 Å². The van der Waals surface area contributed by atoms with Crippen LogP contribution in [0.4, 0.5) is 0 Å². The van der Waals surface area contributed by atoms with Gasteiger partial charge in [-0.3, -0.25) is 9.69 Å². The SMILES string of the molecule is CCCc1nc2c(c(=O)[nH]1)CN(Cc1cccc(C)c1O)CC2. The van der Waals surface area contributed by atoms with E-state index >= 15 is 0 Å². The second-order valence-electron chi connectivity index (χ2n) is 6.23. The third kappa shape index (κ3) is 3.29. The summed E-state index contributed by atoms with van der Waals surface area (Å²) in [5.41, 5.74) is 3.46. The summed E-state index contributed by atoms with van der Waals surface area (Å²) in [4.78, 5) is 22.0. The number of fused-ring (bicyclic) bond motifs is 1. The number of aromatic hydroxyl groups is 1. The molecule has 1 aromatic carbocycles. The zero-order valence-corrected chi connectivity index (χ0v) is 13.7. The van der Waals surface area contributed by atoms with Gasteiger partial charge in [-0.25, -0.2) is 4.98 Å². The Bertz CT molecular complexity index is 767. The summed E-state index contributed by atoms with van der Waals surface area (Å²) in [5, 5.41) is 10.2. The topological polar surface area (TPSA) is 69.2 Å². The molecular formula is C18H23N3O2. The number of phenols is 1. The maximum atomic E-state index is 12.3. The van der Waals surface area contributed by atoms with Crippen LogP contribution in [0.15, 0.2) is 23.0 Å². The van der Waals surface area contributed by atoms with Crippen LogP contribution in [0.5, 0.6) is 5.75 Å². The van der Waals surface area contributed by atoms with Crippen molar-refractivity contribution >= 4 is 0 Å². The summed E-state index contributed by atoms with van der Waals surface area (Å²) in [7, 11) is 0. The van der Waals surface area contributed by atoms with Gasteiger partial charge in [-0.15, -0.1) is 0 Å². The first-order valence-corrected chi connectivity index (χ1v) is 8.19. The molecule has 0 amide bonds. The largest absolute Gasteiger partial charge is 0.507 e. The fourth-order valence-corrected chi connectivity index (χ4v) is 3.11. The van der Waals surface area contributed by atoms with Gasteiger partial charge in [-0.2, -0.15) is 0 Å². The third-order valence-electron chi connectivity index (χ3n) is 4.40. The van der Waals surface area contributed by atoms with Gasteiger partial charge in [0.1, 0.15) is 11.6 Å². The van der Waals surface area contributed by atoms with Gasteiger partial charge >= 0.3 is 0 Å². The molecule has 0 aliphatic carbocycles. The van der Waals surface area contributed by atoms with Crippen molar-refractivity contribution in [2.24, 2.45) is 0 Å². The van der Waals surface area contributed by atoms with E-state index in [0.29, 0.717) is 18.8 Å². The first-order chi connectivity index (χ1) is 11.1. The Morgan fingerprint density at radius 2 is 2.22 bits per heavy atom. The van der Waals surface area contributed by atoms with E-state index in [1.54, 1.807) is 0 Å². The third-order valence-corrected chi connectivity index (χ3v) is 4.40. The maximum Gasteiger partial charge on any atom is 0.255 e. The number of benzene rings is 1. The fraction of sp³-hybridized carbons (Fsp3) is 0.444. The molecule has 23 heavy (non-hydrogen) atoms. The predicted octanol–water partition coefficient (Wildman–Crippen LogP) is 2.29. The number of aryl methyl sites for hydroxylation is 2. The van der Waals surface area contributed by atoms with Gasteiger partial charge < -0.3 is 10.1 Å². The van der Waals surface area contributed by atoms with E-state index in [9.17, 15) is 9.90 Å². The fourth-order valence-electron chi connectivity index (χ4n) is 3.11. The summed E-state index contributed by atoms with van der Waals surface area (Å²) in [6, 6.07) is 5.78. The van der Waals surface area contributed by atoms with Crippen LogP contribution in [0.2, 0.25) is 0 Å². The number of H-pyrrole nitrogens is 1. The molecule has 2 aromatic rings. The Morgan fingerprint density at radius 1 is 1.39 bits per heavy atom. The van der Waals surface area contributed by atoms with E-state index in [4.69, 9.17) is 0 Å². The zero-order chi connectivity index (χ0) is 16.4. The van der Waals surface area contributed by atoms with Gasteiger partial charge in [0.25, 0.3) is 5.56 Å². The average Bonchev–Trinajstić information content (AvgIpc) is 2.53. The minimum absolute atomic E-state index is 0.0170. The van der Waals surface area contributed by atoms with Gasteiger partial charge in [0.05, 0.1) is 11.3 Å². The lowest BCUT2D eigenvalue weighted by Gasteiger charge is -2.28. The molecule has 0 spiro atoms. The first kappa shape index (κ1) is 15.7. The van der Waals surface area contributed by atoms with E-state index in [2.05, 4.69) is 21.8 Å². The summed E-state index contributed by atoms with van der Waals surface area (Å²) < 4.78 is 0. The van der Waals surface area contributed by atoms with Crippen LogP contribution < -0.4 is 5.56 Å². The van der Waals surface area contributed by atoms with Crippen LogP contribution in [0, 0.1) is 6.92 Å². The van der Waals surface area contributed by atoms with E-state index in [1.807, 2.05) is 25.1 Å². The lowest BCUT2D eigenvalue weighted by molar-refractivity contribution is 0.238. The van der Waals surface area contributed by atoms with Crippen molar-refractivity contribution in [1.82, 2.24) is 14.9 Å². The normalized spacial score (nSPS) is 14.7. The molecule has 0 radical (unpaired) electrons. The molecule has 0 bridgehead atoms. The number of hydrogen-bond donors (Lipinski definition) is 2. The smallest absolute Gasteiger partial charge is 0.255 e. The van der Waals surface area contributed by atoms with Crippen LogP contribution in [0.25, 0.3) is 0 Å². The number of phenolic OH excluding ortho intramolecular Hbond substituents is 1. The Balaban J connectivity index is 1.80. The van der Waals surface area contributed by atoms with Gasteiger partial charge in [0.15, 0.2) is 0 Å². The standard InChI is InChI=1S/C18H23N3O2/c1-3-5-16-19-15-8-9-21(11-14(15)18(23)20-16)10-13-7-4-6-12(2)17(13)22/h4,6-7,22H,3,5,8-11H2,1-2H3,(H,19,20,23). The summed E-state index contributed by atoms with van der Waals surface area (Å²) in [6.45, 7) is 6.05. The minimum atomic E-state index is -0.0170. The number of para-hydroxylation sites is 1. The summed E-state index contributed by atoms with van der Waals surface area (Å²) in [6.07, 6.45) is 2.56. The van der Waals surface area contributed by atoms with Crippen molar-refractivity contribution in [3.8, 4) is 5.75 Å². The molecule has 3 rings (SSSR count). The lowest BCUT2D eigenvalue weighted by Crippen LogP contribution is -2.35. The van der Waals surface area contributed by atoms with Crippen LogP contribution >= 0.6 is 0 Å². The number of nitrogens with one attached hydrogen (secondary N) is 1. The molecule has 0 unspecified atom stereocenters. The molecule has 122 valence electrons. The molecule has 5 nitrogen and oxygen atoms in total. The molecule has 0 saturated heterocycles. The Morgan fingerprint density at radius 3 is 3.00 bits per heavy atom. The molecule has 0 saturated carbocycles. The Labute approximate surface area is 136 Å². The Hall–Kier alpha value is -2.14. The molecule has 1 aromatic heterocycles. The molecule has 0 atom stereocenters. The highest BCUT2D eigenvalue weighted by Crippen LogP contribution is 2.24. The zero-order valence-electron chi connectivity index (χ0n) is 13.7. The molecule has 1 aliphatic rings. The predicted molar refractivity (Wildman–Crippen MR) is 89.5 cm³/mol. The monoisotopic (exact) mass is 313 g/mol. The van der Waals surface area contributed by atoms with E-state index in [0.717, 1.165) is 54.0 Å². The molecular weight excluding hydrogens is 290 g/mol. The number of hydrogen-bond acceptors (Lipinski definition) is 4. The highest BCUT2D eigenvalue weighted by atomic mass is 16.3. The molecule has 0 fully saturated rings. The quantitative estimate of drug-likeness (QED) is 0.909. The number of aromatic amines is 1. The molecule has 1 aliphatic heterocycles. The van der Waals surface area contributed by atoms with Crippen LogP contribution in [0.1, 0.15) is 41.6 Å². The van der Waals surface area contributed by atoms with Crippen molar-refractivity contribution in [2.45, 2.75) is 46.2 Å². The Kier molecular flexibility index (Phi) is 4.48. The second kappa shape index (κ2) is 6.54. The molecule has 2 heterocycles. The van der Waals surface area contributed by atoms with E-state index in [1.165, 1.54) is 0 Å². The molecule has 5 heteroatoms. The second-order valence-corrected chi connectivity index (χ2v) is 6.23.